The zero-order valence-electron chi connectivity index (χ0n) is 18.5. The lowest BCUT2D eigenvalue weighted by Gasteiger charge is -2.40. The molecule has 2 heterocycles. The van der Waals surface area contributed by atoms with Gasteiger partial charge in [-0.25, -0.2) is 0 Å². The van der Waals surface area contributed by atoms with Crippen molar-refractivity contribution in [2.24, 2.45) is 4.99 Å². The SMILES string of the molecule is CCNC(=NCC(C)(C)N1CCCCC1)N1CCC(OCCCOC)CC1.I. The van der Waals surface area contributed by atoms with Crippen LogP contribution in [0.3, 0.4) is 0 Å². The third-order valence-electron chi connectivity index (χ3n) is 5.75. The van der Waals surface area contributed by atoms with Gasteiger partial charge >= 0.3 is 0 Å². The van der Waals surface area contributed by atoms with E-state index in [4.69, 9.17) is 14.5 Å². The Morgan fingerprint density at radius 2 is 1.75 bits per heavy atom. The molecule has 2 rings (SSSR count). The lowest BCUT2D eigenvalue weighted by atomic mass is 9.99. The van der Waals surface area contributed by atoms with Crippen molar-refractivity contribution in [1.29, 1.82) is 0 Å². The molecule has 0 radical (unpaired) electrons. The maximum Gasteiger partial charge on any atom is 0.193 e. The van der Waals surface area contributed by atoms with Crippen LogP contribution in [0.2, 0.25) is 0 Å². The van der Waals surface area contributed by atoms with Crippen LogP contribution in [0, 0.1) is 0 Å². The van der Waals surface area contributed by atoms with Gasteiger partial charge in [-0.15, -0.1) is 24.0 Å². The molecule has 2 fully saturated rings. The Morgan fingerprint density at radius 3 is 2.36 bits per heavy atom. The monoisotopic (exact) mass is 510 g/mol. The number of likely N-dealkylation sites (tertiary alicyclic amines) is 2. The van der Waals surface area contributed by atoms with E-state index in [1.807, 2.05) is 0 Å². The Balaban J connectivity index is 0.00000392. The number of rotatable bonds is 9. The number of hydrogen-bond donors (Lipinski definition) is 1. The molecule has 0 amide bonds. The summed E-state index contributed by atoms with van der Waals surface area (Å²) in [6, 6.07) is 0. The second-order valence-electron chi connectivity index (χ2n) is 8.43. The fourth-order valence-electron chi connectivity index (χ4n) is 3.98. The Labute approximate surface area is 189 Å². The van der Waals surface area contributed by atoms with Gasteiger partial charge in [0.25, 0.3) is 0 Å². The van der Waals surface area contributed by atoms with Crippen molar-refractivity contribution >= 4 is 29.9 Å². The molecule has 6 nitrogen and oxygen atoms in total. The molecule has 2 aliphatic heterocycles. The number of ether oxygens (including phenoxy) is 2. The zero-order chi connectivity index (χ0) is 19.5. The summed E-state index contributed by atoms with van der Waals surface area (Å²) in [5.74, 6) is 1.07. The number of methoxy groups -OCH3 is 1. The van der Waals surface area contributed by atoms with Gasteiger partial charge in [-0.1, -0.05) is 6.42 Å². The summed E-state index contributed by atoms with van der Waals surface area (Å²) in [4.78, 5) is 10.1. The number of aliphatic imine (C=N–C) groups is 1. The molecule has 166 valence electrons. The summed E-state index contributed by atoms with van der Waals surface area (Å²) >= 11 is 0. The van der Waals surface area contributed by atoms with Crippen LogP contribution < -0.4 is 5.32 Å². The van der Waals surface area contributed by atoms with E-state index in [1.54, 1.807) is 7.11 Å². The number of piperidine rings is 2. The van der Waals surface area contributed by atoms with Crippen molar-refractivity contribution in [1.82, 2.24) is 15.1 Å². The van der Waals surface area contributed by atoms with E-state index >= 15 is 0 Å². The van der Waals surface area contributed by atoms with Crippen LogP contribution in [0.25, 0.3) is 0 Å². The minimum Gasteiger partial charge on any atom is -0.385 e. The smallest absolute Gasteiger partial charge is 0.193 e. The first-order chi connectivity index (χ1) is 13.1. The molecule has 7 heteroatoms. The lowest BCUT2D eigenvalue weighted by molar-refractivity contribution is 0.00983. The summed E-state index contributed by atoms with van der Waals surface area (Å²) in [5, 5.41) is 3.50. The highest BCUT2D eigenvalue weighted by Gasteiger charge is 2.28. The second kappa shape index (κ2) is 14.0. The van der Waals surface area contributed by atoms with E-state index in [2.05, 4.69) is 35.9 Å². The van der Waals surface area contributed by atoms with Crippen molar-refractivity contribution in [3.8, 4) is 0 Å². The average molecular weight is 511 g/mol. The van der Waals surface area contributed by atoms with Gasteiger partial charge in [-0.05, 0) is 66.0 Å². The van der Waals surface area contributed by atoms with Crippen LogP contribution >= 0.6 is 24.0 Å². The van der Waals surface area contributed by atoms with Crippen LogP contribution in [0.15, 0.2) is 4.99 Å². The second-order valence-corrected chi connectivity index (χ2v) is 8.43. The van der Waals surface area contributed by atoms with Gasteiger partial charge in [0.1, 0.15) is 0 Å². The van der Waals surface area contributed by atoms with Crippen molar-refractivity contribution in [2.45, 2.75) is 70.9 Å². The van der Waals surface area contributed by atoms with Crippen molar-refractivity contribution in [2.75, 3.05) is 59.6 Å². The molecule has 1 N–H and O–H groups in total. The van der Waals surface area contributed by atoms with Gasteiger partial charge in [0.2, 0.25) is 0 Å². The van der Waals surface area contributed by atoms with E-state index in [1.165, 1.54) is 32.4 Å². The number of hydrogen-bond acceptors (Lipinski definition) is 4. The number of halogens is 1. The molecular formula is C21H43IN4O2. The number of nitrogens with zero attached hydrogens (tertiary/aromatic N) is 3. The summed E-state index contributed by atoms with van der Waals surface area (Å²) in [7, 11) is 1.74. The van der Waals surface area contributed by atoms with Gasteiger partial charge < -0.3 is 19.7 Å². The topological polar surface area (TPSA) is 49.3 Å². The summed E-state index contributed by atoms with van der Waals surface area (Å²) < 4.78 is 11.1. The minimum atomic E-state index is 0. The molecule has 0 saturated carbocycles. The number of guanidine groups is 1. The Kier molecular flexibility index (Phi) is 12.9. The van der Waals surface area contributed by atoms with E-state index in [0.717, 1.165) is 64.6 Å². The predicted octanol–water partition coefficient (Wildman–Crippen LogP) is 3.35. The standard InChI is InChI=1S/C21H42N4O2.HI/c1-5-22-20(23-18-21(2,3)25-12-7-6-8-13-25)24-14-10-19(11-15-24)27-17-9-16-26-4;/h19H,5-18H2,1-4H3,(H,22,23);1H. The molecule has 2 aliphatic rings. The van der Waals surface area contributed by atoms with E-state index in [-0.39, 0.29) is 29.5 Å². The predicted molar refractivity (Wildman–Crippen MR) is 128 cm³/mol. The van der Waals surface area contributed by atoms with E-state index in [9.17, 15) is 0 Å². The van der Waals surface area contributed by atoms with E-state index < -0.39 is 0 Å². The molecule has 28 heavy (non-hydrogen) atoms. The van der Waals surface area contributed by atoms with Crippen LogP contribution in [-0.2, 0) is 9.47 Å². The van der Waals surface area contributed by atoms with Gasteiger partial charge in [0.05, 0.1) is 12.6 Å². The molecule has 0 aromatic carbocycles. The summed E-state index contributed by atoms with van der Waals surface area (Å²) in [5.41, 5.74) is 0.129. The molecule has 0 aromatic rings. The van der Waals surface area contributed by atoms with Gasteiger partial charge in [0.15, 0.2) is 5.96 Å². The quantitative estimate of drug-likeness (QED) is 0.223. The molecular weight excluding hydrogens is 467 g/mol. The van der Waals surface area contributed by atoms with Crippen LogP contribution in [0.1, 0.15) is 59.3 Å². The molecule has 0 aromatic heterocycles. The zero-order valence-corrected chi connectivity index (χ0v) is 20.9. The van der Waals surface area contributed by atoms with Gasteiger partial charge in [-0.3, -0.25) is 9.89 Å². The fraction of sp³-hybridized carbons (Fsp3) is 0.952. The molecule has 0 spiro atoms. The van der Waals surface area contributed by atoms with Gasteiger partial charge in [0, 0.05) is 45.5 Å². The van der Waals surface area contributed by atoms with Crippen LogP contribution in [0.5, 0.6) is 0 Å². The number of nitrogens with one attached hydrogen (secondary N) is 1. The normalized spacial score (nSPS) is 20.1. The van der Waals surface area contributed by atoms with Crippen molar-refractivity contribution in [3.63, 3.8) is 0 Å². The van der Waals surface area contributed by atoms with Crippen molar-refractivity contribution in [3.05, 3.63) is 0 Å². The third-order valence-corrected chi connectivity index (χ3v) is 5.75. The van der Waals surface area contributed by atoms with Crippen LogP contribution in [0.4, 0.5) is 0 Å². The third kappa shape index (κ3) is 8.71. The maximum absolute atomic E-state index is 5.99. The Bertz CT molecular complexity index is 434. The Hall–Kier alpha value is -0.120. The van der Waals surface area contributed by atoms with Crippen LogP contribution in [-0.4, -0.2) is 87.0 Å². The molecule has 0 atom stereocenters. The highest BCUT2D eigenvalue weighted by molar-refractivity contribution is 14.0. The summed E-state index contributed by atoms with van der Waals surface area (Å²) in [6.45, 7) is 14.6. The first kappa shape index (κ1) is 25.9. The molecule has 2 saturated heterocycles. The van der Waals surface area contributed by atoms with Gasteiger partial charge in [-0.2, -0.15) is 0 Å². The maximum atomic E-state index is 5.99. The van der Waals surface area contributed by atoms with Crippen molar-refractivity contribution < 1.29 is 9.47 Å². The first-order valence-corrected chi connectivity index (χ1v) is 11.0. The summed E-state index contributed by atoms with van der Waals surface area (Å²) in [6.07, 6.45) is 7.54. The highest BCUT2D eigenvalue weighted by Crippen LogP contribution is 2.21. The Morgan fingerprint density at radius 1 is 1.07 bits per heavy atom. The lowest BCUT2D eigenvalue weighted by Crippen LogP contribution is -2.51. The fourth-order valence-corrected chi connectivity index (χ4v) is 3.98. The molecule has 0 unspecified atom stereocenters. The molecule has 0 aliphatic carbocycles. The highest BCUT2D eigenvalue weighted by atomic mass is 127. The first-order valence-electron chi connectivity index (χ1n) is 11.0. The average Bonchev–Trinajstić information content (AvgIpc) is 2.70. The largest absolute Gasteiger partial charge is 0.385 e. The minimum absolute atomic E-state index is 0. The van der Waals surface area contributed by atoms with E-state index in [0.29, 0.717) is 6.10 Å². The molecule has 0 bridgehead atoms.